The van der Waals surface area contributed by atoms with Crippen molar-refractivity contribution < 1.29 is 13.6 Å². The predicted molar refractivity (Wildman–Crippen MR) is 130 cm³/mol. The SMILES string of the molecule is Cc1nc(N2CCCC2)ccc1NC(=O)Cc1cc2cc(F)ccc2n1Cc1cccc(F)c1. The van der Waals surface area contributed by atoms with E-state index in [1.165, 1.54) is 37.1 Å². The lowest BCUT2D eigenvalue weighted by molar-refractivity contribution is -0.115. The lowest BCUT2D eigenvalue weighted by Crippen LogP contribution is -2.21. The van der Waals surface area contributed by atoms with Crippen molar-refractivity contribution in [2.24, 2.45) is 0 Å². The molecule has 0 atom stereocenters. The van der Waals surface area contributed by atoms with E-state index in [9.17, 15) is 13.6 Å². The van der Waals surface area contributed by atoms with Gasteiger partial charge in [-0.25, -0.2) is 13.8 Å². The zero-order chi connectivity index (χ0) is 23.7. The second-order valence-electron chi connectivity index (χ2n) is 8.78. The highest BCUT2D eigenvalue weighted by atomic mass is 19.1. The number of nitrogens with one attached hydrogen (secondary N) is 1. The Morgan fingerprint density at radius 3 is 2.56 bits per heavy atom. The highest BCUT2D eigenvalue weighted by molar-refractivity contribution is 5.94. The normalized spacial score (nSPS) is 13.6. The van der Waals surface area contributed by atoms with Crippen molar-refractivity contribution in [2.45, 2.75) is 32.7 Å². The van der Waals surface area contributed by atoms with Gasteiger partial charge in [-0.05, 0) is 73.9 Å². The van der Waals surface area contributed by atoms with Crippen LogP contribution in [0.1, 0.15) is 29.8 Å². The summed E-state index contributed by atoms with van der Waals surface area (Å²) in [6.45, 7) is 4.28. The van der Waals surface area contributed by atoms with E-state index in [1.54, 1.807) is 12.1 Å². The summed E-state index contributed by atoms with van der Waals surface area (Å²) in [6.07, 6.45) is 2.44. The maximum Gasteiger partial charge on any atom is 0.230 e. The van der Waals surface area contributed by atoms with E-state index in [2.05, 4.69) is 15.2 Å². The third kappa shape index (κ3) is 4.64. The molecule has 0 bridgehead atoms. The summed E-state index contributed by atoms with van der Waals surface area (Å²) >= 11 is 0. The number of aryl methyl sites for hydroxylation is 1. The molecular weight excluding hydrogens is 434 g/mol. The fraction of sp³-hybridized carbons (Fsp3) is 0.259. The lowest BCUT2D eigenvalue weighted by atomic mass is 10.2. The predicted octanol–water partition coefficient (Wildman–Crippen LogP) is 5.45. The molecule has 2 aromatic heterocycles. The molecule has 5 nitrogen and oxygen atoms in total. The molecule has 2 aromatic carbocycles. The number of anilines is 2. The van der Waals surface area contributed by atoms with Gasteiger partial charge in [-0.15, -0.1) is 0 Å². The molecule has 174 valence electrons. The van der Waals surface area contributed by atoms with Crippen molar-refractivity contribution in [1.82, 2.24) is 9.55 Å². The number of benzene rings is 2. The van der Waals surface area contributed by atoms with Crippen LogP contribution in [-0.4, -0.2) is 28.5 Å². The fourth-order valence-corrected chi connectivity index (χ4v) is 4.61. The fourth-order valence-electron chi connectivity index (χ4n) is 4.61. The highest BCUT2D eigenvalue weighted by Gasteiger charge is 2.17. The Hall–Kier alpha value is -3.74. The highest BCUT2D eigenvalue weighted by Crippen LogP contribution is 2.25. The molecule has 0 aliphatic carbocycles. The quantitative estimate of drug-likeness (QED) is 0.416. The summed E-state index contributed by atoms with van der Waals surface area (Å²) in [5, 5.41) is 3.67. The number of nitrogens with zero attached hydrogens (tertiary/aromatic N) is 3. The Labute approximate surface area is 197 Å². The van der Waals surface area contributed by atoms with Crippen LogP contribution in [0.3, 0.4) is 0 Å². The average molecular weight is 461 g/mol. The molecule has 3 heterocycles. The number of rotatable bonds is 6. The molecular formula is C27H26F2N4O. The third-order valence-electron chi connectivity index (χ3n) is 6.30. The molecule has 0 spiro atoms. The van der Waals surface area contributed by atoms with Crippen LogP contribution in [-0.2, 0) is 17.8 Å². The first kappa shape index (κ1) is 22.1. The molecule has 0 saturated carbocycles. The second-order valence-corrected chi connectivity index (χ2v) is 8.78. The Kier molecular flexibility index (Phi) is 6.01. The topological polar surface area (TPSA) is 50.2 Å². The van der Waals surface area contributed by atoms with Gasteiger partial charge < -0.3 is 14.8 Å². The number of fused-ring (bicyclic) bond motifs is 1. The van der Waals surface area contributed by atoms with E-state index >= 15 is 0 Å². The Bertz CT molecular complexity index is 1360. The van der Waals surface area contributed by atoms with Crippen LogP contribution in [0.15, 0.2) is 60.7 Å². The molecule has 1 fully saturated rings. The van der Waals surface area contributed by atoms with Crippen LogP contribution in [0.2, 0.25) is 0 Å². The molecule has 4 aromatic rings. The van der Waals surface area contributed by atoms with Crippen LogP contribution in [0.4, 0.5) is 20.3 Å². The van der Waals surface area contributed by atoms with Gasteiger partial charge in [0, 0.05) is 36.2 Å². The van der Waals surface area contributed by atoms with Crippen molar-refractivity contribution in [3.05, 3.63) is 89.2 Å². The number of hydrogen-bond donors (Lipinski definition) is 1. The zero-order valence-corrected chi connectivity index (χ0v) is 19.0. The molecule has 7 heteroatoms. The van der Waals surface area contributed by atoms with Crippen LogP contribution in [0, 0.1) is 18.6 Å². The first-order valence-corrected chi connectivity index (χ1v) is 11.5. The smallest absolute Gasteiger partial charge is 0.230 e. The van der Waals surface area contributed by atoms with Gasteiger partial charge in [0.25, 0.3) is 0 Å². The molecule has 0 unspecified atom stereocenters. The molecule has 1 amide bonds. The summed E-state index contributed by atoms with van der Waals surface area (Å²) < 4.78 is 29.5. The maximum absolute atomic E-state index is 13.8. The Morgan fingerprint density at radius 2 is 1.79 bits per heavy atom. The monoisotopic (exact) mass is 460 g/mol. The van der Waals surface area contributed by atoms with Gasteiger partial charge in [0.05, 0.1) is 17.8 Å². The Balaban J connectivity index is 1.39. The molecule has 0 radical (unpaired) electrons. The molecule has 1 saturated heterocycles. The van der Waals surface area contributed by atoms with Crippen LogP contribution in [0.5, 0.6) is 0 Å². The lowest BCUT2D eigenvalue weighted by Gasteiger charge is -2.18. The van der Waals surface area contributed by atoms with E-state index in [1.807, 2.05) is 35.8 Å². The van der Waals surface area contributed by atoms with Crippen molar-refractivity contribution in [3.8, 4) is 0 Å². The van der Waals surface area contributed by atoms with Crippen molar-refractivity contribution in [1.29, 1.82) is 0 Å². The van der Waals surface area contributed by atoms with Crippen LogP contribution < -0.4 is 10.2 Å². The summed E-state index contributed by atoms with van der Waals surface area (Å²) in [5.41, 5.74) is 3.72. The first-order chi connectivity index (χ1) is 16.5. The van der Waals surface area contributed by atoms with Crippen LogP contribution >= 0.6 is 0 Å². The molecule has 1 aliphatic rings. The number of carbonyl (C=O) groups excluding carboxylic acids is 1. The van der Waals surface area contributed by atoms with Gasteiger partial charge in [0.15, 0.2) is 0 Å². The van der Waals surface area contributed by atoms with Gasteiger partial charge in [-0.3, -0.25) is 4.79 Å². The number of aromatic nitrogens is 2. The van der Waals surface area contributed by atoms with E-state index in [0.29, 0.717) is 17.6 Å². The van der Waals surface area contributed by atoms with Crippen molar-refractivity contribution >= 4 is 28.3 Å². The number of pyridine rings is 1. The summed E-state index contributed by atoms with van der Waals surface area (Å²) in [4.78, 5) is 19.9. The summed E-state index contributed by atoms with van der Waals surface area (Å²) in [6, 6.07) is 16.5. The van der Waals surface area contributed by atoms with Crippen molar-refractivity contribution in [2.75, 3.05) is 23.3 Å². The maximum atomic E-state index is 13.8. The van der Waals surface area contributed by atoms with Gasteiger partial charge in [0.1, 0.15) is 17.5 Å². The van der Waals surface area contributed by atoms with Gasteiger partial charge in [0.2, 0.25) is 5.91 Å². The van der Waals surface area contributed by atoms with Crippen molar-refractivity contribution in [3.63, 3.8) is 0 Å². The Morgan fingerprint density at radius 1 is 1.00 bits per heavy atom. The molecule has 5 rings (SSSR count). The number of carbonyl (C=O) groups is 1. The summed E-state index contributed by atoms with van der Waals surface area (Å²) in [7, 11) is 0. The number of hydrogen-bond acceptors (Lipinski definition) is 3. The average Bonchev–Trinajstić information content (AvgIpc) is 3.44. The minimum Gasteiger partial charge on any atom is -0.357 e. The largest absolute Gasteiger partial charge is 0.357 e. The minimum atomic E-state index is -0.341. The molecule has 1 N–H and O–H groups in total. The molecule has 1 aliphatic heterocycles. The van der Waals surface area contributed by atoms with E-state index in [4.69, 9.17) is 0 Å². The van der Waals surface area contributed by atoms with Gasteiger partial charge >= 0.3 is 0 Å². The third-order valence-corrected chi connectivity index (χ3v) is 6.30. The number of halogens is 2. The zero-order valence-electron chi connectivity index (χ0n) is 19.0. The van der Waals surface area contributed by atoms with Gasteiger partial charge in [-0.1, -0.05) is 12.1 Å². The van der Waals surface area contributed by atoms with Gasteiger partial charge in [-0.2, -0.15) is 0 Å². The number of amides is 1. The summed E-state index contributed by atoms with van der Waals surface area (Å²) in [5.74, 6) is 0.0821. The van der Waals surface area contributed by atoms with Crippen LogP contribution in [0.25, 0.3) is 10.9 Å². The second kappa shape index (κ2) is 9.25. The molecule has 34 heavy (non-hydrogen) atoms. The van der Waals surface area contributed by atoms with E-state index in [0.717, 1.165) is 41.4 Å². The van der Waals surface area contributed by atoms with E-state index < -0.39 is 0 Å². The standard InChI is InChI=1S/C27H26F2N4O/c1-18-24(8-10-26(30-18)32-11-2-3-12-32)31-27(34)16-23-15-20-14-22(29)7-9-25(20)33(23)17-19-5-4-6-21(28)13-19/h4-10,13-15H,2-3,11-12,16-17H2,1H3,(H,31,34). The minimum absolute atomic E-state index is 0.0962. The van der Waals surface area contributed by atoms with E-state index in [-0.39, 0.29) is 24.0 Å². The first-order valence-electron chi connectivity index (χ1n) is 11.5.